The summed E-state index contributed by atoms with van der Waals surface area (Å²) in [6.45, 7) is 3.80. The lowest BCUT2D eigenvalue weighted by atomic mass is 10.0. The maximum Gasteiger partial charge on any atom is 0.230 e. The van der Waals surface area contributed by atoms with Crippen LogP contribution in [0.15, 0.2) is 29.4 Å². The number of aryl methyl sites for hydroxylation is 1. The van der Waals surface area contributed by atoms with E-state index >= 15 is 0 Å². The average Bonchev–Trinajstić information content (AvgIpc) is 3.05. The maximum absolute atomic E-state index is 12.2. The van der Waals surface area contributed by atoms with Gasteiger partial charge in [-0.15, -0.1) is 10.2 Å². The van der Waals surface area contributed by atoms with Gasteiger partial charge in [-0.3, -0.25) is 4.79 Å². The highest BCUT2D eigenvalue weighted by Gasteiger charge is 2.39. The van der Waals surface area contributed by atoms with Gasteiger partial charge in [-0.1, -0.05) is 41.6 Å². The molecule has 26 heavy (non-hydrogen) atoms. The number of thioether (sulfide) groups is 1. The second-order valence-corrected chi connectivity index (χ2v) is 10.1. The molecule has 1 N–H and O–H groups in total. The fourth-order valence-electron chi connectivity index (χ4n) is 3.01. The molecular formula is C17H22N4O3S2. The molecule has 2 aromatic rings. The monoisotopic (exact) mass is 394 g/mol. The van der Waals surface area contributed by atoms with Crippen molar-refractivity contribution < 1.29 is 13.2 Å². The van der Waals surface area contributed by atoms with E-state index in [1.54, 1.807) is 6.92 Å². The molecule has 0 radical (unpaired) electrons. The van der Waals surface area contributed by atoms with Crippen molar-refractivity contribution in [3.05, 3.63) is 29.8 Å². The minimum absolute atomic E-state index is 0.00204. The maximum atomic E-state index is 12.2. The summed E-state index contributed by atoms with van der Waals surface area (Å²) < 4.78 is 25.1. The first kappa shape index (κ1) is 18.9. The molecule has 0 spiro atoms. The molecule has 1 atom stereocenters. The minimum Gasteiger partial charge on any atom is -0.349 e. The summed E-state index contributed by atoms with van der Waals surface area (Å²) in [5.41, 5.74) is 1.46. The number of carbonyl (C=O) groups excluding carboxylic acids is 1. The van der Waals surface area contributed by atoms with Crippen LogP contribution in [0, 0.1) is 6.92 Å². The van der Waals surface area contributed by atoms with Crippen LogP contribution in [0.3, 0.4) is 0 Å². The Morgan fingerprint density at radius 1 is 1.31 bits per heavy atom. The first-order chi connectivity index (χ1) is 12.2. The molecule has 0 aliphatic carbocycles. The molecule has 1 aliphatic heterocycles. The van der Waals surface area contributed by atoms with Crippen LogP contribution in [0.2, 0.25) is 0 Å². The summed E-state index contributed by atoms with van der Waals surface area (Å²) in [6, 6.07) is 8.00. The molecule has 1 aliphatic rings. The number of amides is 1. The van der Waals surface area contributed by atoms with Gasteiger partial charge in [-0.05, 0) is 20.3 Å². The molecule has 1 unspecified atom stereocenters. The van der Waals surface area contributed by atoms with E-state index < -0.39 is 15.4 Å². The Bertz CT molecular complexity index is 922. The van der Waals surface area contributed by atoms with Gasteiger partial charge < -0.3 is 9.88 Å². The van der Waals surface area contributed by atoms with Crippen molar-refractivity contribution in [2.75, 3.05) is 17.3 Å². The normalized spacial score (nSPS) is 21.7. The van der Waals surface area contributed by atoms with Crippen molar-refractivity contribution in [2.45, 2.75) is 31.0 Å². The highest BCUT2D eigenvalue weighted by molar-refractivity contribution is 7.99. The first-order valence-electron chi connectivity index (χ1n) is 8.28. The predicted octanol–water partition coefficient (Wildman–Crippen LogP) is 1.58. The molecule has 2 heterocycles. The van der Waals surface area contributed by atoms with Crippen LogP contribution in [0.4, 0.5) is 0 Å². The quantitative estimate of drug-likeness (QED) is 0.774. The van der Waals surface area contributed by atoms with E-state index in [1.807, 2.05) is 42.8 Å². The molecule has 1 aromatic carbocycles. The van der Waals surface area contributed by atoms with Crippen LogP contribution in [0.25, 0.3) is 11.4 Å². The molecule has 9 heteroatoms. The molecule has 3 rings (SSSR count). The lowest BCUT2D eigenvalue weighted by Gasteiger charge is -2.23. The summed E-state index contributed by atoms with van der Waals surface area (Å²) in [6.07, 6.45) is 0.452. The molecule has 0 bridgehead atoms. The van der Waals surface area contributed by atoms with E-state index in [0.717, 1.165) is 11.4 Å². The molecule has 1 saturated heterocycles. The number of nitrogens with one attached hydrogen (secondary N) is 1. The first-order valence-corrected chi connectivity index (χ1v) is 11.1. The largest absolute Gasteiger partial charge is 0.349 e. The Balaban J connectivity index is 1.62. The number of rotatable bonds is 5. The third kappa shape index (κ3) is 4.27. The van der Waals surface area contributed by atoms with E-state index in [0.29, 0.717) is 11.6 Å². The number of aromatic nitrogens is 3. The molecule has 1 fully saturated rings. The molecule has 1 aromatic heterocycles. The number of hydrogen-bond donors (Lipinski definition) is 1. The van der Waals surface area contributed by atoms with E-state index in [4.69, 9.17) is 0 Å². The Labute approximate surface area is 157 Å². The van der Waals surface area contributed by atoms with Crippen molar-refractivity contribution in [1.82, 2.24) is 20.1 Å². The smallest absolute Gasteiger partial charge is 0.230 e. The second kappa shape index (κ2) is 7.03. The van der Waals surface area contributed by atoms with Gasteiger partial charge in [0, 0.05) is 12.6 Å². The lowest BCUT2D eigenvalue weighted by Crippen LogP contribution is -2.47. The van der Waals surface area contributed by atoms with Crippen LogP contribution in [-0.2, 0) is 21.7 Å². The van der Waals surface area contributed by atoms with Crippen molar-refractivity contribution in [2.24, 2.45) is 7.05 Å². The summed E-state index contributed by atoms with van der Waals surface area (Å²) in [7, 11) is -1.19. The number of nitrogens with zero attached hydrogens (tertiary/aromatic N) is 3. The third-order valence-corrected chi connectivity index (χ3v) is 7.34. The zero-order valence-electron chi connectivity index (χ0n) is 15.0. The summed E-state index contributed by atoms with van der Waals surface area (Å²) in [4.78, 5) is 12.2. The van der Waals surface area contributed by atoms with E-state index in [1.165, 1.54) is 17.3 Å². The van der Waals surface area contributed by atoms with E-state index in [9.17, 15) is 13.2 Å². The highest BCUT2D eigenvalue weighted by atomic mass is 32.2. The van der Waals surface area contributed by atoms with E-state index in [2.05, 4.69) is 15.5 Å². The molecular weight excluding hydrogens is 372 g/mol. The zero-order chi connectivity index (χ0) is 18.9. The standard InChI is InChI=1S/C17H22N4O3S2/c1-12-4-6-13(7-5-12)15-19-20-16(21(15)3)25-10-14(22)18-17(2)8-9-26(23,24)11-17/h4-7H,8-11H2,1-3H3,(H,18,22). The third-order valence-electron chi connectivity index (χ3n) is 4.42. The Morgan fingerprint density at radius 3 is 2.62 bits per heavy atom. The summed E-state index contributed by atoms with van der Waals surface area (Å²) >= 11 is 1.28. The summed E-state index contributed by atoms with van der Waals surface area (Å²) in [5, 5.41) is 11.9. The van der Waals surface area contributed by atoms with Gasteiger partial charge in [-0.25, -0.2) is 8.42 Å². The predicted molar refractivity (Wildman–Crippen MR) is 102 cm³/mol. The Morgan fingerprint density at radius 2 is 2.00 bits per heavy atom. The zero-order valence-corrected chi connectivity index (χ0v) is 16.7. The van der Waals surface area contributed by atoms with Crippen LogP contribution in [-0.4, -0.2) is 51.9 Å². The number of sulfone groups is 1. The Hall–Kier alpha value is -1.87. The van der Waals surface area contributed by atoms with Gasteiger partial charge in [0.2, 0.25) is 5.91 Å². The van der Waals surface area contributed by atoms with Crippen LogP contribution in [0.5, 0.6) is 0 Å². The average molecular weight is 395 g/mol. The molecule has 7 nitrogen and oxygen atoms in total. The number of carbonyl (C=O) groups is 1. The number of hydrogen-bond acceptors (Lipinski definition) is 6. The topological polar surface area (TPSA) is 94.0 Å². The van der Waals surface area contributed by atoms with Crippen LogP contribution in [0.1, 0.15) is 18.9 Å². The second-order valence-electron chi connectivity index (χ2n) is 6.97. The van der Waals surface area contributed by atoms with E-state index in [-0.39, 0.29) is 23.2 Å². The van der Waals surface area contributed by atoms with Crippen molar-refractivity contribution in [3.63, 3.8) is 0 Å². The van der Waals surface area contributed by atoms with Gasteiger partial charge in [0.05, 0.1) is 22.8 Å². The molecule has 0 saturated carbocycles. The van der Waals surface area contributed by atoms with Crippen molar-refractivity contribution >= 4 is 27.5 Å². The molecule has 140 valence electrons. The fourth-order valence-corrected chi connectivity index (χ4v) is 5.81. The fraction of sp³-hybridized carbons (Fsp3) is 0.471. The van der Waals surface area contributed by atoms with Crippen molar-refractivity contribution in [3.8, 4) is 11.4 Å². The number of benzene rings is 1. The minimum atomic E-state index is -3.05. The van der Waals surface area contributed by atoms with Crippen molar-refractivity contribution in [1.29, 1.82) is 0 Å². The lowest BCUT2D eigenvalue weighted by molar-refractivity contribution is -0.120. The van der Waals surface area contributed by atoms with Crippen LogP contribution < -0.4 is 5.32 Å². The SMILES string of the molecule is Cc1ccc(-c2nnc(SCC(=O)NC3(C)CCS(=O)(=O)C3)n2C)cc1. The van der Waals surface area contributed by atoms with Gasteiger partial charge in [0.15, 0.2) is 20.8 Å². The molecule has 1 amide bonds. The Kier molecular flexibility index (Phi) is 5.12. The van der Waals surface area contributed by atoms with Gasteiger partial charge in [0.1, 0.15) is 0 Å². The van der Waals surface area contributed by atoms with Gasteiger partial charge in [0.25, 0.3) is 0 Å². The highest BCUT2D eigenvalue weighted by Crippen LogP contribution is 2.25. The summed E-state index contributed by atoms with van der Waals surface area (Å²) in [5.74, 6) is 0.823. The van der Waals surface area contributed by atoms with Crippen LogP contribution >= 0.6 is 11.8 Å². The van der Waals surface area contributed by atoms with Gasteiger partial charge in [-0.2, -0.15) is 0 Å². The van der Waals surface area contributed by atoms with Gasteiger partial charge >= 0.3 is 0 Å².